The van der Waals surface area contributed by atoms with Crippen LogP contribution in [-0.2, 0) is 16.1 Å². The lowest BCUT2D eigenvalue weighted by Crippen LogP contribution is -2.40. The van der Waals surface area contributed by atoms with E-state index >= 15 is 0 Å². The first kappa shape index (κ1) is 23.1. The van der Waals surface area contributed by atoms with Crippen molar-refractivity contribution in [2.45, 2.75) is 45.4 Å². The lowest BCUT2D eigenvalue weighted by atomic mass is 10.1. The summed E-state index contributed by atoms with van der Waals surface area (Å²) in [4.78, 5) is 23.2. The van der Waals surface area contributed by atoms with Gasteiger partial charge in [-0.3, -0.25) is 14.3 Å². The molecule has 0 spiro atoms. The Hall–Kier alpha value is -3.04. The van der Waals surface area contributed by atoms with Gasteiger partial charge in [0.05, 0.1) is 19.3 Å². The summed E-state index contributed by atoms with van der Waals surface area (Å²) in [5, 5.41) is 12.6. The molecule has 174 valence electrons. The molecule has 1 saturated heterocycles. The summed E-state index contributed by atoms with van der Waals surface area (Å²) < 4.78 is 7.96. The van der Waals surface area contributed by atoms with Gasteiger partial charge in [0.2, 0.25) is 11.9 Å². The molecule has 4 rings (SSSR count). The van der Waals surface area contributed by atoms with Gasteiger partial charge in [-0.1, -0.05) is 30.7 Å². The topological polar surface area (TPSA) is 98.1 Å². The number of hydrogen-bond acceptors (Lipinski definition) is 7. The molecule has 0 saturated carbocycles. The number of halogens is 1. The molecule has 1 amide bonds. The first-order valence-electron chi connectivity index (χ1n) is 11.2. The lowest BCUT2D eigenvalue weighted by molar-refractivity contribution is -0.121. The maximum Gasteiger partial charge on any atom is 0.227 e. The summed E-state index contributed by atoms with van der Waals surface area (Å²) in [6.07, 6.45) is 5.97. The van der Waals surface area contributed by atoms with E-state index in [2.05, 4.69) is 30.4 Å². The van der Waals surface area contributed by atoms with Crippen molar-refractivity contribution < 1.29 is 9.53 Å². The van der Waals surface area contributed by atoms with E-state index in [0.717, 1.165) is 12.0 Å². The summed E-state index contributed by atoms with van der Waals surface area (Å²) >= 11 is 6.04. The van der Waals surface area contributed by atoms with Crippen molar-refractivity contribution >= 4 is 23.5 Å². The monoisotopic (exact) mass is 469 g/mol. The van der Waals surface area contributed by atoms with E-state index in [0.29, 0.717) is 55.2 Å². The molecule has 0 radical (unpaired) electrons. The number of hydrogen-bond donors (Lipinski definition) is 1. The largest absolute Gasteiger partial charge is 0.370 e. The molecular weight excluding hydrogens is 442 g/mol. The van der Waals surface area contributed by atoms with Crippen molar-refractivity contribution in [3.8, 4) is 11.5 Å². The second-order valence-electron chi connectivity index (χ2n) is 8.05. The van der Waals surface area contributed by atoms with E-state index in [1.54, 1.807) is 18.6 Å². The third-order valence-corrected chi connectivity index (χ3v) is 5.95. The van der Waals surface area contributed by atoms with Crippen molar-refractivity contribution in [2.75, 3.05) is 24.6 Å². The molecule has 2 aromatic heterocycles. The Balaban J connectivity index is 1.58. The highest BCUT2D eigenvalue weighted by molar-refractivity contribution is 6.30. The van der Waals surface area contributed by atoms with Crippen molar-refractivity contribution in [3.63, 3.8) is 0 Å². The van der Waals surface area contributed by atoms with Crippen LogP contribution >= 0.6 is 11.6 Å². The van der Waals surface area contributed by atoms with Crippen molar-refractivity contribution in [3.05, 3.63) is 53.4 Å². The number of anilines is 1. The second kappa shape index (κ2) is 10.7. The molecule has 3 aromatic rings. The van der Waals surface area contributed by atoms with Gasteiger partial charge in [-0.15, -0.1) is 10.2 Å². The molecule has 1 fully saturated rings. The SMILES string of the molecule is CCC(C)NC(=O)CCn1c(-c2cnccn2)nnc1N1CCOC(c2ccc(Cl)cc2)C1. The van der Waals surface area contributed by atoms with Crippen LogP contribution < -0.4 is 10.2 Å². The normalized spacial score (nSPS) is 17.1. The minimum Gasteiger partial charge on any atom is -0.370 e. The van der Waals surface area contributed by atoms with E-state index in [1.807, 2.05) is 42.7 Å². The molecule has 0 aliphatic carbocycles. The number of aromatic nitrogens is 5. The first-order valence-corrected chi connectivity index (χ1v) is 11.5. The van der Waals surface area contributed by atoms with Crippen LogP contribution in [-0.4, -0.2) is 56.4 Å². The number of amides is 1. The third kappa shape index (κ3) is 5.66. The number of rotatable bonds is 8. The highest BCUT2D eigenvalue weighted by Crippen LogP contribution is 2.28. The summed E-state index contributed by atoms with van der Waals surface area (Å²) in [6, 6.07) is 7.82. The van der Waals surface area contributed by atoms with Gasteiger partial charge in [0.1, 0.15) is 11.8 Å². The molecule has 1 aromatic carbocycles. The molecule has 1 N–H and O–H groups in total. The number of carbonyl (C=O) groups excluding carboxylic acids is 1. The molecule has 3 heterocycles. The van der Waals surface area contributed by atoms with Crippen LogP contribution in [0.3, 0.4) is 0 Å². The zero-order valence-corrected chi connectivity index (χ0v) is 19.6. The number of carbonyl (C=O) groups is 1. The van der Waals surface area contributed by atoms with E-state index < -0.39 is 0 Å². The fraction of sp³-hybridized carbons (Fsp3) is 0.435. The van der Waals surface area contributed by atoms with Gasteiger partial charge in [0.15, 0.2) is 5.82 Å². The maximum atomic E-state index is 12.5. The predicted molar refractivity (Wildman–Crippen MR) is 126 cm³/mol. The van der Waals surface area contributed by atoms with E-state index in [9.17, 15) is 4.79 Å². The van der Waals surface area contributed by atoms with Crippen LogP contribution in [0.5, 0.6) is 0 Å². The van der Waals surface area contributed by atoms with Crippen molar-refractivity contribution in [1.82, 2.24) is 30.0 Å². The minimum atomic E-state index is -0.116. The molecule has 1 aliphatic rings. The molecule has 1 aliphatic heterocycles. The van der Waals surface area contributed by atoms with Gasteiger partial charge < -0.3 is 15.0 Å². The van der Waals surface area contributed by atoms with Crippen molar-refractivity contribution in [2.24, 2.45) is 0 Å². The number of ether oxygens (including phenoxy) is 1. The molecule has 10 heteroatoms. The summed E-state index contributed by atoms with van der Waals surface area (Å²) in [6.45, 7) is 6.30. The quantitative estimate of drug-likeness (QED) is 0.540. The Morgan fingerprint density at radius 3 is 2.82 bits per heavy atom. The number of benzene rings is 1. The highest BCUT2D eigenvalue weighted by atomic mass is 35.5. The molecule has 9 nitrogen and oxygen atoms in total. The van der Waals surface area contributed by atoms with Gasteiger partial charge in [0.25, 0.3) is 0 Å². The molecule has 2 atom stereocenters. The number of morpholine rings is 1. The molecule has 0 bridgehead atoms. The van der Waals surface area contributed by atoms with Crippen LogP contribution in [0, 0.1) is 0 Å². The Morgan fingerprint density at radius 2 is 2.09 bits per heavy atom. The van der Waals surface area contributed by atoms with Crippen LogP contribution in [0.1, 0.15) is 38.4 Å². The molecular formula is C23H28ClN7O2. The van der Waals surface area contributed by atoms with E-state index in [4.69, 9.17) is 16.3 Å². The van der Waals surface area contributed by atoms with Gasteiger partial charge >= 0.3 is 0 Å². The van der Waals surface area contributed by atoms with E-state index in [-0.39, 0.29) is 18.1 Å². The second-order valence-corrected chi connectivity index (χ2v) is 8.49. The first-order chi connectivity index (χ1) is 16.0. The van der Waals surface area contributed by atoms with Gasteiger partial charge in [-0.25, -0.2) is 4.98 Å². The smallest absolute Gasteiger partial charge is 0.227 e. The van der Waals surface area contributed by atoms with Gasteiger partial charge in [0, 0.05) is 43.0 Å². The Kier molecular flexibility index (Phi) is 7.51. The average molecular weight is 470 g/mol. The standard InChI is InChI=1S/C23H28ClN7O2/c1-3-16(2)27-21(32)8-11-31-22(19-14-25-9-10-26-19)28-29-23(31)30-12-13-33-20(15-30)17-4-6-18(24)7-5-17/h4-7,9-10,14,16,20H,3,8,11-13,15H2,1-2H3,(H,27,32). The average Bonchev–Trinajstić information content (AvgIpc) is 3.27. The van der Waals surface area contributed by atoms with Gasteiger partial charge in [-0.05, 0) is 31.0 Å². The van der Waals surface area contributed by atoms with E-state index in [1.165, 1.54) is 0 Å². The molecule has 2 unspecified atom stereocenters. The number of nitrogens with zero attached hydrogens (tertiary/aromatic N) is 6. The van der Waals surface area contributed by atoms with Crippen LogP contribution in [0.25, 0.3) is 11.5 Å². The maximum absolute atomic E-state index is 12.5. The summed E-state index contributed by atoms with van der Waals surface area (Å²) in [5.41, 5.74) is 1.67. The lowest BCUT2D eigenvalue weighted by Gasteiger charge is -2.34. The van der Waals surface area contributed by atoms with Crippen LogP contribution in [0.15, 0.2) is 42.9 Å². The summed E-state index contributed by atoms with van der Waals surface area (Å²) in [5.74, 6) is 1.27. The van der Waals surface area contributed by atoms with Gasteiger partial charge in [-0.2, -0.15) is 0 Å². The van der Waals surface area contributed by atoms with Crippen molar-refractivity contribution in [1.29, 1.82) is 0 Å². The highest BCUT2D eigenvalue weighted by Gasteiger charge is 2.27. The number of nitrogens with one attached hydrogen (secondary N) is 1. The fourth-order valence-corrected chi connectivity index (χ4v) is 3.84. The summed E-state index contributed by atoms with van der Waals surface area (Å²) in [7, 11) is 0. The Morgan fingerprint density at radius 1 is 1.27 bits per heavy atom. The van der Waals surface area contributed by atoms with Crippen LogP contribution in [0.2, 0.25) is 5.02 Å². The minimum absolute atomic E-state index is 0.00452. The predicted octanol–water partition coefficient (Wildman–Crippen LogP) is 3.27. The zero-order chi connectivity index (χ0) is 23.2. The fourth-order valence-electron chi connectivity index (χ4n) is 3.71. The zero-order valence-electron chi connectivity index (χ0n) is 18.8. The third-order valence-electron chi connectivity index (χ3n) is 5.70. The van der Waals surface area contributed by atoms with Crippen LogP contribution in [0.4, 0.5) is 5.95 Å². The molecule has 33 heavy (non-hydrogen) atoms. The Labute approximate surface area is 198 Å². The Bertz CT molecular complexity index is 1060.